The first kappa shape index (κ1) is 22.0. The van der Waals surface area contributed by atoms with Gasteiger partial charge in [-0.1, -0.05) is 28.9 Å². The highest BCUT2D eigenvalue weighted by Gasteiger charge is 2.30. The van der Waals surface area contributed by atoms with E-state index in [1.165, 1.54) is 17.7 Å². The zero-order valence-corrected chi connectivity index (χ0v) is 16.8. The third-order valence-corrected chi connectivity index (χ3v) is 4.94. The minimum absolute atomic E-state index is 0.117. The smallest absolute Gasteiger partial charge is 0.416 e. The number of carbonyl (C=O) groups is 1. The van der Waals surface area contributed by atoms with Gasteiger partial charge in [0.1, 0.15) is 6.10 Å². The van der Waals surface area contributed by atoms with E-state index in [9.17, 15) is 18.0 Å². The molecule has 1 aromatic carbocycles. The summed E-state index contributed by atoms with van der Waals surface area (Å²) in [4.78, 5) is 12.6. The van der Waals surface area contributed by atoms with Crippen LogP contribution in [0.4, 0.5) is 13.2 Å². The van der Waals surface area contributed by atoms with E-state index in [2.05, 4.69) is 19.1 Å². The van der Waals surface area contributed by atoms with Crippen molar-refractivity contribution in [2.75, 3.05) is 0 Å². The normalized spacial score (nSPS) is 22.5. The molecular formula is C23H27F3O2. The molecule has 0 aromatic heterocycles. The first-order chi connectivity index (χ1) is 13.1. The highest BCUT2D eigenvalue weighted by Crippen LogP contribution is 2.30. The topological polar surface area (TPSA) is 26.3 Å². The molecule has 1 atom stereocenters. The van der Waals surface area contributed by atoms with Gasteiger partial charge < -0.3 is 4.74 Å². The van der Waals surface area contributed by atoms with E-state index in [-0.39, 0.29) is 5.56 Å². The van der Waals surface area contributed by atoms with Gasteiger partial charge in [-0.05, 0) is 76.8 Å². The molecule has 2 rings (SSSR count). The predicted octanol–water partition coefficient (Wildman–Crippen LogP) is 7.03. The van der Waals surface area contributed by atoms with E-state index in [0.29, 0.717) is 12.8 Å². The van der Waals surface area contributed by atoms with E-state index in [4.69, 9.17) is 4.74 Å². The van der Waals surface area contributed by atoms with Crippen LogP contribution in [0.25, 0.3) is 0 Å². The molecule has 0 radical (unpaired) electrons. The Bertz CT molecular complexity index is 792. The van der Waals surface area contributed by atoms with Crippen molar-refractivity contribution in [3.63, 3.8) is 0 Å². The lowest BCUT2D eigenvalue weighted by atomic mass is 9.92. The Balaban J connectivity index is 2.27. The monoisotopic (exact) mass is 392 g/mol. The molecule has 1 aromatic rings. The Morgan fingerprint density at radius 1 is 1.04 bits per heavy atom. The molecule has 2 nitrogen and oxygen atoms in total. The third-order valence-electron chi connectivity index (χ3n) is 4.94. The number of carbonyl (C=O) groups excluding carboxylic acids is 1. The van der Waals surface area contributed by atoms with Gasteiger partial charge in [0, 0.05) is 6.42 Å². The highest BCUT2D eigenvalue weighted by atomic mass is 19.4. The number of benzene rings is 1. The van der Waals surface area contributed by atoms with E-state index in [0.717, 1.165) is 41.7 Å². The molecular weight excluding hydrogens is 365 g/mol. The van der Waals surface area contributed by atoms with Crippen LogP contribution in [0, 0.1) is 0 Å². The number of alkyl halides is 3. The SMILES string of the molecule is CC(C)=C1C/C=C(\C)CC/C=C(\C)CC1OC(=O)c1ccc(C(F)(F)F)cc1. The van der Waals surface area contributed by atoms with Crippen LogP contribution in [-0.2, 0) is 10.9 Å². The first-order valence-corrected chi connectivity index (χ1v) is 9.43. The van der Waals surface area contributed by atoms with Gasteiger partial charge in [-0.2, -0.15) is 13.2 Å². The molecule has 1 aliphatic rings. The fraction of sp³-hybridized carbons (Fsp3) is 0.435. The number of halogens is 3. The minimum Gasteiger partial charge on any atom is -0.454 e. The maximum atomic E-state index is 12.7. The van der Waals surface area contributed by atoms with Gasteiger partial charge in [-0.3, -0.25) is 0 Å². The lowest BCUT2D eigenvalue weighted by Gasteiger charge is -2.24. The standard InChI is InChI=1S/C23H27F3O2/c1-15(2)20-13-8-16(3)6-5-7-17(4)14-21(20)28-22(27)18-9-11-19(12-10-18)23(24,25)26/h7-12,21H,5-6,13-14H2,1-4H3/b16-8+,17-7+. The van der Waals surface area contributed by atoms with Crippen LogP contribution in [0.15, 0.2) is 58.7 Å². The van der Waals surface area contributed by atoms with Crippen molar-refractivity contribution < 1.29 is 22.7 Å². The second-order valence-electron chi connectivity index (χ2n) is 7.54. The maximum absolute atomic E-state index is 12.7. The van der Waals surface area contributed by atoms with Crippen molar-refractivity contribution in [3.8, 4) is 0 Å². The van der Waals surface area contributed by atoms with Gasteiger partial charge >= 0.3 is 12.1 Å². The van der Waals surface area contributed by atoms with E-state index < -0.39 is 23.8 Å². The molecule has 0 saturated heterocycles. The number of allylic oxidation sites excluding steroid dienone is 4. The Morgan fingerprint density at radius 2 is 1.68 bits per heavy atom. The Morgan fingerprint density at radius 3 is 2.25 bits per heavy atom. The summed E-state index contributed by atoms with van der Waals surface area (Å²) in [5, 5.41) is 0. The minimum atomic E-state index is -4.43. The highest BCUT2D eigenvalue weighted by molar-refractivity contribution is 5.89. The van der Waals surface area contributed by atoms with Crippen LogP contribution in [0.1, 0.15) is 69.3 Å². The van der Waals surface area contributed by atoms with E-state index in [1.807, 2.05) is 20.8 Å². The van der Waals surface area contributed by atoms with Crippen molar-refractivity contribution >= 4 is 5.97 Å². The van der Waals surface area contributed by atoms with E-state index in [1.54, 1.807) is 0 Å². The number of esters is 1. The second kappa shape index (κ2) is 9.26. The van der Waals surface area contributed by atoms with Gasteiger partial charge in [-0.25, -0.2) is 4.79 Å². The third kappa shape index (κ3) is 6.11. The lowest BCUT2D eigenvalue weighted by Crippen LogP contribution is -2.22. The van der Waals surface area contributed by atoms with Crippen LogP contribution < -0.4 is 0 Å². The average Bonchev–Trinajstić information content (AvgIpc) is 2.60. The van der Waals surface area contributed by atoms with Gasteiger partial charge in [0.05, 0.1) is 11.1 Å². The molecule has 0 aliphatic heterocycles. The molecule has 28 heavy (non-hydrogen) atoms. The molecule has 0 N–H and O–H groups in total. The lowest BCUT2D eigenvalue weighted by molar-refractivity contribution is -0.137. The van der Waals surface area contributed by atoms with Crippen molar-refractivity contribution in [2.45, 2.75) is 65.7 Å². The number of ether oxygens (including phenoxy) is 1. The number of hydrogen-bond donors (Lipinski definition) is 0. The van der Waals surface area contributed by atoms with Gasteiger partial charge in [0.2, 0.25) is 0 Å². The Labute approximate surface area is 164 Å². The molecule has 1 aliphatic carbocycles. The molecule has 0 saturated carbocycles. The molecule has 0 spiro atoms. The summed E-state index contributed by atoms with van der Waals surface area (Å²) in [6.07, 6.45) is 2.69. The Hall–Kier alpha value is -2.30. The fourth-order valence-corrected chi connectivity index (χ4v) is 3.19. The average molecular weight is 392 g/mol. The summed E-state index contributed by atoms with van der Waals surface area (Å²) in [6.45, 7) is 8.09. The van der Waals surface area contributed by atoms with Crippen molar-refractivity contribution in [2.24, 2.45) is 0 Å². The molecule has 5 heteroatoms. The summed E-state index contributed by atoms with van der Waals surface area (Å²) < 4.78 is 44.0. The maximum Gasteiger partial charge on any atom is 0.416 e. The van der Waals surface area contributed by atoms with Crippen molar-refractivity contribution in [1.29, 1.82) is 0 Å². The number of rotatable bonds is 2. The van der Waals surface area contributed by atoms with Crippen molar-refractivity contribution in [1.82, 2.24) is 0 Å². The van der Waals surface area contributed by atoms with Crippen LogP contribution in [0.2, 0.25) is 0 Å². The van der Waals surface area contributed by atoms with Gasteiger partial charge in [0.25, 0.3) is 0 Å². The fourth-order valence-electron chi connectivity index (χ4n) is 3.19. The molecule has 152 valence electrons. The quantitative estimate of drug-likeness (QED) is 0.399. The molecule has 0 heterocycles. The molecule has 0 fully saturated rings. The zero-order valence-electron chi connectivity index (χ0n) is 16.8. The zero-order chi connectivity index (χ0) is 20.9. The van der Waals surface area contributed by atoms with Crippen LogP contribution in [0.5, 0.6) is 0 Å². The van der Waals surface area contributed by atoms with Gasteiger partial charge in [0.15, 0.2) is 0 Å². The summed E-state index contributed by atoms with van der Waals surface area (Å²) in [5.74, 6) is -0.608. The van der Waals surface area contributed by atoms with Crippen LogP contribution in [0.3, 0.4) is 0 Å². The molecule has 1 unspecified atom stereocenters. The largest absolute Gasteiger partial charge is 0.454 e. The summed E-state index contributed by atoms with van der Waals surface area (Å²) in [6, 6.07) is 4.15. The summed E-state index contributed by atoms with van der Waals surface area (Å²) in [5.41, 5.74) is 3.88. The Kier molecular flexibility index (Phi) is 7.28. The molecule has 0 amide bonds. The summed E-state index contributed by atoms with van der Waals surface area (Å²) in [7, 11) is 0. The first-order valence-electron chi connectivity index (χ1n) is 9.43. The number of hydrogen-bond acceptors (Lipinski definition) is 2. The summed E-state index contributed by atoms with van der Waals surface area (Å²) >= 11 is 0. The van der Waals surface area contributed by atoms with Crippen LogP contribution >= 0.6 is 0 Å². The second-order valence-corrected chi connectivity index (χ2v) is 7.54. The van der Waals surface area contributed by atoms with Gasteiger partial charge in [-0.15, -0.1) is 0 Å². The van der Waals surface area contributed by atoms with E-state index >= 15 is 0 Å². The van der Waals surface area contributed by atoms with Crippen LogP contribution in [-0.4, -0.2) is 12.1 Å². The van der Waals surface area contributed by atoms with Crippen molar-refractivity contribution in [3.05, 3.63) is 69.8 Å². The predicted molar refractivity (Wildman–Crippen MR) is 105 cm³/mol. The molecule has 0 bridgehead atoms.